The fourth-order valence-corrected chi connectivity index (χ4v) is 5.31. The maximum atomic E-state index is 12.8. The van der Waals surface area contributed by atoms with Crippen molar-refractivity contribution < 1.29 is 13.2 Å². The average molecular weight is 329 g/mol. The van der Waals surface area contributed by atoms with Crippen molar-refractivity contribution in [2.45, 2.75) is 30.2 Å². The maximum absolute atomic E-state index is 12.8. The molecule has 0 spiro atoms. The van der Waals surface area contributed by atoms with E-state index in [4.69, 9.17) is 4.74 Å². The maximum Gasteiger partial charge on any atom is 0.244 e. The molecule has 2 aliphatic rings. The van der Waals surface area contributed by atoms with E-state index in [1.165, 1.54) is 18.2 Å². The number of sulfonamides is 1. The highest BCUT2D eigenvalue weighted by Gasteiger charge is 2.57. The topological polar surface area (TPSA) is 55.4 Å². The van der Waals surface area contributed by atoms with E-state index in [2.05, 4.69) is 16.9 Å². The Kier molecular flexibility index (Phi) is 3.25. The SMILES string of the molecule is COc1ccc(C)cc1S(=O)(=O)N[C@@H]1[C@H]2Cc3ccccc3[C@H]21. The number of nitrogens with one attached hydrogen (secondary N) is 1. The van der Waals surface area contributed by atoms with E-state index in [1.54, 1.807) is 12.1 Å². The highest BCUT2D eigenvalue weighted by Crippen LogP contribution is 2.56. The van der Waals surface area contributed by atoms with Crippen LogP contribution in [0, 0.1) is 12.8 Å². The fraction of sp³-hybridized carbons (Fsp3) is 0.333. The molecule has 2 aromatic rings. The molecule has 0 amide bonds. The summed E-state index contributed by atoms with van der Waals surface area (Å²) in [5.74, 6) is 1.09. The molecule has 1 saturated carbocycles. The molecule has 5 heteroatoms. The molecule has 23 heavy (non-hydrogen) atoms. The minimum Gasteiger partial charge on any atom is -0.495 e. The highest BCUT2D eigenvalue weighted by molar-refractivity contribution is 7.89. The van der Waals surface area contributed by atoms with Crippen LogP contribution in [0.2, 0.25) is 0 Å². The lowest BCUT2D eigenvalue weighted by Crippen LogP contribution is -2.29. The van der Waals surface area contributed by atoms with Crippen LogP contribution >= 0.6 is 0 Å². The number of hydrogen-bond donors (Lipinski definition) is 1. The molecule has 2 aliphatic carbocycles. The molecule has 0 bridgehead atoms. The van der Waals surface area contributed by atoms with Crippen LogP contribution in [0.3, 0.4) is 0 Å². The first kappa shape index (κ1) is 14.7. The Bertz CT molecular complexity index is 876. The van der Waals surface area contributed by atoms with E-state index in [9.17, 15) is 8.42 Å². The van der Waals surface area contributed by atoms with Gasteiger partial charge in [-0.3, -0.25) is 0 Å². The van der Waals surface area contributed by atoms with Crippen LogP contribution in [0.1, 0.15) is 22.6 Å². The third kappa shape index (κ3) is 2.35. The van der Waals surface area contributed by atoms with Crippen molar-refractivity contribution in [2.75, 3.05) is 7.11 Å². The first-order chi connectivity index (χ1) is 11.0. The zero-order chi connectivity index (χ0) is 16.2. The quantitative estimate of drug-likeness (QED) is 0.938. The van der Waals surface area contributed by atoms with Gasteiger partial charge < -0.3 is 4.74 Å². The summed E-state index contributed by atoms with van der Waals surface area (Å²) in [4.78, 5) is 0.221. The van der Waals surface area contributed by atoms with Gasteiger partial charge in [-0.05, 0) is 48.1 Å². The monoisotopic (exact) mass is 329 g/mol. The molecule has 2 aromatic carbocycles. The summed E-state index contributed by atoms with van der Waals surface area (Å²) in [6, 6.07) is 13.5. The molecule has 1 N–H and O–H groups in total. The van der Waals surface area contributed by atoms with Gasteiger partial charge in [0.05, 0.1) is 7.11 Å². The summed E-state index contributed by atoms with van der Waals surface area (Å²) in [6.45, 7) is 1.88. The van der Waals surface area contributed by atoms with E-state index < -0.39 is 10.0 Å². The van der Waals surface area contributed by atoms with Gasteiger partial charge in [0.15, 0.2) is 0 Å². The molecular weight excluding hydrogens is 310 g/mol. The van der Waals surface area contributed by atoms with Crippen LogP contribution in [0.4, 0.5) is 0 Å². The van der Waals surface area contributed by atoms with Gasteiger partial charge >= 0.3 is 0 Å². The van der Waals surface area contributed by atoms with Gasteiger partial charge in [0.1, 0.15) is 10.6 Å². The van der Waals surface area contributed by atoms with Gasteiger partial charge in [-0.15, -0.1) is 0 Å². The lowest BCUT2D eigenvalue weighted by atomic mass is 10.1. The molecule has 0 unspecified atom stereocenters. The Morgan fingerprint density at radius 3 is 2.74 bits per heavy atom. The van der Waals surface area contributed by atoms with Crippen LogP contribution in [0.25, 0.3) is 0 Å². The summed E-state index contributed by atoms with van der Waals surface area (Å²) in [5.41, 5.74) is 3.54. The zero-order valence-electron chi connectivity index (χ0n) is 13.1. The third-order valence-corrected chi connectivity index (χ3v) is 6.42. The van der Waals surface area contributed by atoms with Crippen molar-refractivity contribution >= 4 is 10.0 Å². The predicted octanol–water partition coefficient (Wildman–Crippen LogP) is 2.62. The molecule has 0 aromatic heterocycles. The van der Waals surface area contributed by atoms with Crippen LogP contribution in [-0.4, -0.2) is 21.6 Å². The number of ether oxygens (including phenoxy) is 1. The largest absolute Gasteiger partial charge is 0.495 e. The van der Waals surface area contributed by atoms with Gasteiger partial charge in [-0.2, -0.15) is 0 Å². The molecular formula is C18H19NO3S. The summed E-state index contributed by atoms with van der Waals surface area (Å²) >= 11 is 0. The lowest BCUT2D eigenvalue weighted by Gasteiger charge is -2.13. The summed E-state index contributed by atoms with van der Waals surface area (Å²) in [6.07, 6.45) is 0.957. The van der Waals surface area contributed by atoms with E-state index >= 15 is 0 Å². The van der Waals surface area contributed by atoms with Crippen molar-refractivity contribution in [1.29, 1.82) is 0 Å². The Morgan fingerprint density at radius 2 is 1.96 bits per heavy atom. The van der Waals surface area contributed by atoms with E-state index in [0.717, 1.165) is 12.0 Å². The molecule has 1 fully saturated rings. The lowest BCUT2D eigenvalue weighted by molar-refractivity contribution is 0.402. The molecule has 0 aliphatic heterocycles. The van der Waals surface area contributed by atoms with E-state index in [0.29, 0.717) is 17.6 Å². The number of fused-ring (bicyclic) bond motifs is 3. The van der Waals surface area contributed by atoms with Gasteiger partial charge in [0.25, 0.3) is 0 Å². The second-order valence-corrected chi connectivity index (χ2v) is 8.08. The normalized spacial score (nSPS) is 24.9. The minimum atomic E-state index is -3.58. The molecule has 3 atom stereocenters. The number of hydrogen-bond acceptors (Lipinski definition) is 3. The molecule has 0 radical (unpaired) electrons. The predicted molar refractivity (Wildman–Crippen MR) is 88.2 cm³/mol. The van der Waals surface area contributed by atoms with Crippen molar-refractivity contribution in [3.63, 3.8) is 0 Å². The van der Waals surface area contributed by atoms with Gasteiger partial charge in [-0.1, -0.05) is 30.3 Å². The van der Waals surface area contributed by atoms with E-state index in [-0.39, 0.29) is 10.9 Å². The Hall–Kier alpha value is -1.85. The highest BCUT2D eigenvalue weighted by atomic mass is 32.2. The standard InChI is InChI=1S/C18H19NO3S/c1-11-7-8-15(22-2)16(9-11)23(20,21)19-18-14-10-12-5-3-4-6-13(12)17(14)18/h3-9,14,17-19H,10H2,1-2H3/t14-,17+,18+/m0/s1. The van der Waals surface area contributed by atoms with Crippen LogP contribution in [0.15, 0.2) is 47.4 Å². The zero-order valence-corrected chi connectivity index (χ0v) is 13.9. The Balaban J connectivity index is 1.60. The minimum absolute atomic E-state index is 0.000110. The Labute approximate surface area is 136 Å². The summed E-state index contributed by atoms with van der Waals surface area (Å²) < 4.78 is 33.6. The number of aryl methyl sites for hydroxylation is 1. The average Bonchev–Trinajstić information content (AvgIpc) is 3.03. The second kappa shape index (κ2) is 5.08. The van der Waals surface area contributed by atoms with Crippen molar-refractivity contribution in [2.24, 2.45) is 5.92 Å². The molecule has 0 heterocycles. The van der Waals surface area contributed by atoms with Gasteiger partial charge in [-0.25, -0.2) is 13.1 Å². The third-order valence-electron chi connectivity index (χ3n) is 4.94. The van der Waals surface area contributed by atoms with Crippen molar-refractivity contribution in [1.82, 2.24) is 4.72 Å². The number of methoxy groups -OCH3 is 1. The van der Waals surface area contributed by atoms with Crippen molar-refractivity contribution in [3.8, 4) is 5.75 Å². The molecule has 4 nitrogen and oxygen atoms in total. The molecule has 4 rings (SSSR count). The fourth-order valence-electron chi connectivity index (χ4n) is 3.75. The summed E-state index contributed by atoms with van der Waals surface area (Å²) in [7, 11) is -2.09. The number of benzene rings is 2. The molecule has 120 valence electrons. The number of rotatable bonds is 4. The Morgan fingerprint density at radius 1 is 1.17 bits per heavy atom. The second-order valence-electron chi connectivity index (χ2n) is 6.39. The van der Waals surface area contributed by atoms with Crippen LogP contribution in [-0.2, 0) is 16.4 Å². The van der Waals surface area contributed by atoms with E-state index in [1.807, 2.05) is 25.1 Å². The van der Waals surface area contributed by atoms with Crippen LogP contribution in [0.5, 0.6) is 5.75 Å². The summed E-state index contributed by atoms with van der Waals surface area (Å²) in [5, 5.41) is 0. The van der Waals surface area contributed by atoms with Crippen LogP contribution < -0.4 is 9.46 Å². The van der Waals surface area contributed by atoms with Crippen molar-refractivity contribution in [3.05, 3.63) is 59.2 Å². The first-order valence-electron chi connectivity index (χ1n) is 7.76. The smallest absolute Gasteiger partial charge is 0.244 e. The van der Waals surface area contributed by atoms with Gasteiger partial charge in [0.2, 0.25) is 10.0 Å². The molecule has 0 saturated heterocycles. The first-order valence-corrected chi connectivity index (χ1v) is 9.24. The van der Waals surface area contributed by atoms with Gasteiger partial charge in [0, 0.05) is 12.0 Å².